The van der Waals surface area contributed by atoms with Crippen molar-refractivity contribution in [1.29, 1.82) is 0 Å². The van der Waals surface area contributed by atoms with Crippen molar-refractivity contribution in [2.45, 2.75) is 56.3 Å². The van der Waals surface area contributed by atoms with Gasteiger partial charge in [0.15, 0.2) is 0 Å². The molecule has 4 bridgehead atoms. The van der Waals surface area contributed by atoms with Crippen LogP contribution in [0.5, 0.6) is 0 Å². The van der Waals surface area contributed by atoms with Gasteiger partial charge in [-0.2, -0.15) is 0 Å². The molecule has 0 radical (unpaired) electrons. The normalized spacial score (nSPS) is 36.0. The lowest BCUT2D eigenvalue weighted by Crippen LogP contribution is -2.76. The van der Waals surface area contributed by atoms with Gasteiger partial charge in [0.1, 0.15) is 36.6 Å². The summed E-state index contributed by atoms with van der Waals surface area (Å²) in [4.78, 5) is 0. The maximum atomic E-state index is 6.25. The minimum absolute atomic E-state index is 0.243. The van der Waals surface area contributed by atoms with Gasteiger partial charge in [-0.05, 0) is 11.1 Å². The van der Waals surface area contributed by atoms with Gasteiger partial charge >= 0.3 is 0 Å². The largest absolute Gasteiger partial charge is 0.376 e. The summed E-state index contributed by atoms with van der Waals surface area (Å²) in [5.74, 6) is 0. The van der Waals surface area contributed by atoms with E-state index in [1.165, 1.54) is 0 Å². The fraction of sp³-hybridized carbons (Fsp3) is 0.455. The Hall–Kier alpha value is -1.80. The SMILES string of the molecule is COC1C2OC3OC1[C@H](OCc1ccccc1)C(O3)[C@@H]2OCc1ccccc1. The highest BCUT2D eigenvalue weighted by atomic mass is 16.9. The van der Waals surface area contributed by atoms with Crippen LogP contribution in [-0.4, -0.2) is 50.2 Å². The molecule has 6 rings (SSSR count). The molecule has 0 N–H and O–H groups in total. The molecule has 4 fully saturated rings. The van der Waals surface area contributed by atoms with E-state index in [0.29, 0.717) is 13.2 Å². The van der Waals surface area contributed by atoms with E-state index in [1.807, 2.05) is 60.7 Å². The van der Waals surface area contributed by atoms with Crippen LogP contribution in [0.25, 0.3) is 0 Å². The van der Waals surface area contributed by atoms with Crippen LogP contribution in [0, 0.1) is 0 Å². The maximum Gasteiger partial charge on any atom is 0.272 e. The van der Waals surface area contributed by atoms with E-state index in [0.717, 1.165) is 11.1 Å². The first-order valence-corrected chi connectivity index (χ1v) is 9.64. The standard InChI is InChI=1S/C22H24O6/c1-23-16-19-17(24-12-14-8-4-2-5-9-14)21-18(20(16)27-22(26-19)28-21)25-13-15-10-6-3-7-11-15/h2-11,16-22H,12-13H2,1H3/t16?,17-,18+,19?,20?,21?,22?. The summed E-state index contributed by atoms with van der Waals surface area (Å²) < 4.78 is 36.0. The zero-order chi connectivity index (χ0) is 18.9. The van der Waals surface area contributed by atoms with Crippen LogP contribution in [-0.2, 0) is 41.6 Å². The fourth-order valence-electron chi connectivity index (χ4n) is 4.25. The van der Waals surface area contributed by atoms with Gasteiger partial charge in [0, 0.05) is 7.11 Å². The fourth-order valence-corrected chi connectivity index (χ4v) is 4.25. The van der Waals surface area contributed by atoms with Crippen LogP contribution in [0.3, 0.4) is 0 Å². The first-order valence-electron chi connectivity index (χ1n) is 9.64. The molecule has 7 atom stereocenters. The molecule has 2 aromatic rings. The summed E-state index contributed by atoms with van der Waals surface area (Å²) in [6.07, 6.45) is -1.59. The smallest absolute Gasteiger partial charge is 0.272 e. The second-order valence-electron chi connectivity index (χ2n) is 7.31. The van der Waals surface area contributed by atoms with E-state index in [-0.39, 0.29) is 36.6 Å². The van der Waals surface area contributed by atoms with Crippen LogP contribution in [0.4, 0.5) is 0 Å². The minimum atomic E-state index is -0.681. The number of benzene rings is 2. The van der Waals surface area contributed by atoms with Crippen LogP contribution in [0.15, 0.2) is 60.7 Å². The summed E-state index contributed by atoms with van der Waals surface area (Å²) in [6, 6.07) is 20.1. The topological polar surface area (TPSA) is 55.4 Å². The highest BCUT2D eigenvalue weighted by Gasteiger charge is 2.63. The first-order chi connectivity index (χ1) is 13.8. The lowest BCUT2D eigenvalue weighted by atomic mass is 9.82. The molecule has 5 unspecified atom stereocenters. The van der Waals surface area contributed by atoms with Gasteiger partial charge < -0.3 is 28.4 Å². The molecule has 1 aliphatic carbocycles. The van der Waals surface area contributed by atoms with Crippen molar-refractivity contribution in [1.82, 2.24) is 0 Å². The number of rotatable bonds is 7. The first kappa shape index (κ1) is 18.2. The number of hydrogen-bond acceptors (Lipinski definition) is 6. The molecule has 148 valence electrons. The van der Waals surface area contributed by atoms with E-state index in [1.54, 1.807) is 7.11 Å². The third-order valence-electron chi connectivity index (χ3n) is 5.59. The summed E-state index contributed by atoms with van der Waals surface area (Å²) in [5.41, 5.74) is 2.20. The van der Waals surface area contributed by atoms with Crippen molar-refractivity contribution in [3.8, 4) is 0 Å². The number of ether oxygens (including phenoxy) is 6. The Balaban J connectivity index is 1.34. The van der Waals surface area contributed by atoms with Crippen molar-refractivity contribution in [2.75, 3.05) is 7.11 Å². The van der Waals surface area contributed by atoms with Gasteiger partial charge in [0.2, 0.25) is 0 Å². The summed E-state index contributed by atoms with van der Waals surface area (Å²) in [6.45, 7) is 0.270. The second kappa shape index (κ2) is 7.91. The molecule has 2 aromatic carbocycles. The quantitative estimate of drug-likeness (QED) is 0.732. The molecule has 3 aliphatic heterocycles. The van der Waals surface area contributed by atoms with Crippen molar-refractivity contribution in [3.63, 3.8) is 0 Å². The van der Waals surface area contributed by atoms with Crippen LogP contribution < -0.4 is 0 Å². The van der Waals surface area contributed by atoms with E-state index in [2.05, 4.69) is 0 Å². The van der Waals surface area contributed by atoms with Crippen LogP contribution in [0.1, 0.15) is 11.1 Å². The molecule has 6 heteroatoms. The van der Waals surface area contributed by atoms with Gasteiger partial charge in [-0.3, -0.25) is 0 Å². The zero-order valence-corrected chi connectivity index (χ0v) is 15.7. The van der Waals surface area contributed by atoms with E-state index >= 15 is 0 Å². The van der Waals surface area contributed by atoms with E-state index in [4.69, 9.17) is 28.4 Å². The van der Waals surface area contributed by atoms with Crippen LogP contribution >= 0.6 is 0 Å². The molecule has 1 saturated carbocycles. The lowest BCUT2D eigenvalue weighted by Gasteiger charge is -2.58. The van der Waals surface area contributed by atoms with Crippen molar-refractivity contribution >= 4 is 0 Å². The van der Waals surface area contributed by atoms with Crippen molar-refractivity contribution in [2.24, 2.45) is 0 Å². The lowest BCUT2D eigenvalue weighted by molar-refractivity contribution is -0.488. The molecule has 6 nitrogen and oxygen atoms in total. The van der Waals surface area contributed by atoms with Gasteiger partial charge in [0.05, 0.1) is 13.2 Å². The molecule has 3 saturated heterocycles. The van der Waals surface area contributed by atoms with Crippen molar-refractivity contribution in [3.05, 3.63) is 71.8 Å². The molecular formula is C22H24O6. The summed E-state index contributed by atoms with van der Waals surface area (Å²) >= 11 is 0. The molecular weight excluding hydrogens is 360 g/mol. The van der Waals surface area contributed by atoms with Gasteiger partial charge in [-0.25, -0.2) is 0 Å². The molecule has 0 amide bonds. The molecule has 4 aliphatic rings. The van der Waals surface area contributed by atoms with Gasteiger partial charge in [-0.15, -0.1) is 0 Å². The summed E-state index contributed by atoms with van der Waals surface area (Å²) in [5, 5.41) is 0. The monoisotopic (exact) mass is 384 g/mol. The minimum Gasteiger partial charge on any atom is -0.376 e. The van der Waals surface area contributed by atoms with Gasteiger partial charge in [-0.1, -0.05) is 60.7 Å². The highest BCUT2D eigenvalue weighted by molar-refractivity contribution is 5.15. The maximum absolute atomic E-state index is 6.25. The van der Waals surface area contributed by atoms with Crippen molar-refractivity contribution < 1.29 is 28.4 Å². The van der Waals surface area contributed by atoms with Crippen LogP contribution in [0.2, 0.25) is 0 Å². The Labute approximate surface area is 164 Å². The molecule has 28 heavy (non-hydrogen) atoms. The van der Waals surface area contributed by atoms with E-state index in [9.17, 15) is 0 Å². The van der Waals surface area contributed by atoms with Gasteiger partial charge in [0.25, 0.3) is 6.48 Å². The predicted octanol–water partition coefficient (Wildman–Crippen LogP) is 2.65. The third-order valence-corrected chi connectivity index (χ3v) is 5.59. The average molecular weight is 384 g/mol. The Bertz CT molecular complexity index is 708. The van der Waals surface area contributed by atoms with E-state index < -0.39 is 6.48 Å². The predicted molar refractivity (Wildman–Crippen MR) is 99.2 cm³/mol. The number of methoxy groups -OCH3 is 1. The Kier molecular flexibility index (Phi) is 5.15. The highest BCUT2D eigenvalue weighted by Crippen LogP contribution is 2.43. The zero-order valence-electron chi connectivity index (χ0n) is 15.7. The Morgan fingerprint density at radius 2 is 1.07 bits per heavy atom. The molecule has 0 aromatic heterocycles. The number of hydrogen-bond donors (Lipinski definition) is 0. The third kappa shape index (κ3) is 3.37. The molecule has 3 heterocycles. The Morgan fingerprint density at radius 3 is 1.50 bits per heavy atom. The average Bonchev–Trinajstić information content (AvgIpc) is 2.74. The summed E-state index contributed by atoms with van der Waals surface area (Å²) in [7, 11) is 1.67. The molecule has 0 spiro atoms. The Morgan fingerprint density at radius 1 is 0.643 bits per heavy atom. The second-order valence-corrected chi connectivity index (χ2v) is 7.31.